The molecule has 2 heteroatoms. The van der Waals surface area contributed by atoms with Gasteiger partial charge in [-0.25, -0.2) is 0 Å². The topological polar surface area (TPSA) is 17.1 Å². The molecule has 0 spiro atoms. The molecule has 0 saturated heterocycles. The molecule has 0 radical (unpaired) electrons. The third kappa shape index (κ3) is 5.75. The summed E-state index contributed by atoms with van der Waals surface area (Å²) in [6.45, 7) is 9.82. The van der Waals surface area contributed by atoms with E-state index in [1.54, 1.807) is 0 Å². The van der Waals surface area contributed by atoms with Crippen LogP contribution in [0, 0.1) is 0 Å². The van der Waals surface area contributed by atoms with E-state index >= 15 is 0 Å². The predicted octanol–water partition coefficient (Wildman–Crippen LogP) is 5.32. The molecule has 0 heterocycles. The van der Waals surface area contributed by atoms with Crippen LogP contribution in [-0.4, -0.2) is 6.66 Å². The van der Waals surface area contributed by atoms with E-state index in [0.717, 1.165) is 10.6 Å². The molecule has 0 saturated carbocycles. The maximum Gasteiger partial charge on any atom is 0.140 e. The van der Waals surface area contributed by atoms with Crippen molar-refractivity contribution in [3.05, 3.63) is 60.7 Å². The fourth-order valence-corrected chi connectivity index (χ4v) is 3.35. The minimum atomic E-state index is -2.40. The molecule has 1 nitrogen and oxygen atoms in total. The summed E-state index contributed by atoms with van der Waals surface area (Å²) in [5, 5.41) is 1.83. The van der Waals surface area contributed by atoms with Gasteiger partial charge in [-0.3, -0.25) is 0 Å². The number of hydrogen-bond donors (Lipinski definition) is 0. The Morgan fingerprint density at radius 1 is 0.650 bits per heavy atom. The van der Waals surface area contributed by atoms with Gasteiger partial charge in [-0.05, 0) is 6.66 Å². The molecule has 112 valence electrons. The predicted molar refractivity (Wildman–Crippen MR) is 95.1 cm³/mol. The highest BCUT2D eigenvalue weighted by Gasteiger charge is 2.19. The lowest BCUT2D eigenvalue weighted by Crippen LogP contribution is -2.14. The van der Waals surface area contributed by atoms with Crippen LogP contribution in [0.25, 0.3) is 0 Å². The average molecular weight is 292 g/mol. The van der Waals surface area contributed by atoms with Gasteiger partial charge in [-0.1, -0.05) is 95.8 Å². The molecule has 0 amide bonds. The van der Waals surface area contributed by atoms with Crippen molar-refractivity contribution < 1.29 is 4.57 Å². The Morgan fingerprint density at radius 2 is 0.900 bits per heavy atom. The third-order valence-corrected chi connectivity index (χ3v) is 5.06. The van der Waals surface area contributed by atoms with Crippen LogP contribution in [0.4, 0.5) is 0 Å². The minimum Gasteiger partial charge on any atom is -0.314 e. The smallest absolute Gasteiger partial charge is 0.140 e. The molecular formula is C18H29OP. The monoisotopic (exact) mass is 292 g/mol. The van der Waals surface area contributed by atoms with Crippen LogP contribution in [0.1, 0.15) is 35.1 Å². The number of benzene rings is 2. The second-order valence-electron chi connectivity index (χ2n) is 3.60. The van der Waals surface area contributed by atoms with Crippen molar-refractivity contribution in [3.8, 4) is 0 Å². The zero-order valence-electron chi connectivity index (χ0n) is 12.6. The standard InChI is InChI=1S/C13H13OP.2C2H6.CH4/c1-15(14,12-8-4-2-5-9-12)13-10-6-3-7-11-13;2*1-2;/h2-11H,1H3;2*1-2H3;1H4. The van der Waals surface area contributed by atoms with Crippen LogP contribution in [0.5, 0.6) is 0 Å². The molecule has 0 unspecified atom stereocenters. The van der Waals surface area contributed by atoms with Crippen LogP contribution in [0.15, 0.2) is 60.7 Å². The molecule has 0 fully saturated rings. The van der Waals surface area contributed by atoms with Crippen molar-refractivity contribution in [2.24, 2.45) is 0 Å². The summed E-state index contributed by atoms with van der Waals surface area (Å²) in [6, 6.07) is 19.3. The summed E-state index contributed by atoms with van der Waals surface area (Å²) >= 11 is 0. The molecule has 0 atom stereocenters. The minimum absolute atomic E-state index is 0. The quantitative estimate of drug-likeness (QED) is 0.685. The zero-order chi connectivity index (χ0) is 14.7. The van der Waals surface area contributed by atoms with Gasteiger partial charge in [0, 0.05) is 10.6 Å². The first kappa shape index (κ1) is 21.0. The lowest BCUT2D eigenvalue weighted by atomic mass is 10.4. The number of rotatable bonds is 2. The second kappa shape index (κ2) is 11.5. The molecule has 20 heavy (non-hydrogen) atoms. The average Bonchev–Trinajstić information content (AvgIpc) is 2.53. The van der Waals surface area contributed by atoms with Crippen molar-refractivity contribution in [1.82, 2.24) is 0 Å². The highest BCUT2D eigenvalue weighted by Crippen LogP contribution is 2.38. The van der Waals surface area contributed by atoms with E-state index < -0.39 is 7.14 Å². The molecular weight excluding hydrogens is 263 g/mol. The summed E-state index contributed by atoms with van der Waals surface area (Å²) in [6.07, 6.45) is 0. The van der Waals surface area contributed by atoms with E-state index in [0.29, 0.717) is 0 Å². The van der Waals surface area contributed by atoms with Crippen LogP contribution >= 0.6 is 7.14 Å². The van der Waals surface area contributed by atoms with E-state index in [2.05, 4.69) is 0 Å². The van der Waals surface area contributed by atoms with Gasteiger partial charge in [0.05, 0.1) is 0 Å². The van der Waals surface area contributed by atoms with Gasteiger partial charge < -0.3 is 4.57 Å². The fourth-order valence-electron chi connectivity index (χ4n) is 1.57. The highest BCUT2D eigenvalue weighted by molar-refractivity contribution is 7.78. The maximum absolute atomic E-state index is 12.6. The van der Waals surface area contributed by atoms with Crippen LogP contribution in [0.2, 0.25) is 0 Å². The normalized spacial score (nSPS) is 9.05. The first-order chi connectivity index (χ1) is 9.21. The SMILES string of the molecule is C.CC.CC.CP(=O)(c1ccccc1)c1ccccc1. The van der Waals surface area contributed by atoms with Gasteiger partial charge in [0.15, 0.2) is 0 Å². The summed E-state index contributed by atoms with van der Waals surface area (Å²) < 4.78 is 12.6. The fraction of sp³-hybridized carbons (Fsp3) is 0.333. The highest BCUT2D eigenvalue weighted by atomic mass is 31.2. The Bertz CT molecular complexity index is 434. The van der Waals surface area contributed by atoms with Crippen LogP contribution < -0.4 is 10.6 Å². The third-order valence-electron chi connectivity index (χ3n) is 2.50. The van der Waals surface area contributed by atoms with Gasteiger partial charge in [0.1, 0.15) is 7.14 Å². The van der Waals surface area contributed by atoms with Gasteiger partial charge in [0.2, 0.25) is 0 Å². The summed E-state index contributed by atoms with van der Waals surface area (Å²) in [5.41, 5.74) is 0. The lowest BCUT2D eigenvalue weighted by Gasteiger charge is -2.13. The molecule has 0 bridgehead atoms. The first-order valence-corrected chi connectivity index (χ1v) is 9.05. The maximum atomic E-state index is 12.6. The molecule has 0 aliphatic heterocycles. The van der Waals surface area contributed by atoms with E-state index in [-0.39, 0.29) is 7.43 Å². The molecule has 0 aliphatic carbocycles. The first-order valence-electron chi connectivity index (χ1n) is 6.90. The number of hydrogen-bond acceptors (Lipinski definition) is 1. The van der Waals surface area contributed by atoms with E-state index in [1.165, 1.54) is 0 Å². The van der Waals surface area contributed by atoms with Crippen molar-refractivity contribution in [2.45, 2.75) is 35.1 Å². The van der Waals surface area contributed by atoms with Gasteiger partial charge in [0.25, 0.3) is 0 Å². The summed E-state index contributed by atoms with van der Waals surface area (Å²) in [7, 11) is -2.40. The van der Waals surface area contributed by atoms with Crippen molar-refractivity contribution in [1.29, 1.82) is 0 Å². The summed E-state index contributed by atoms with van der Waals surface area (Å²) in [4.78, 5) is 0. The Kier molecular flexibility index (Phi) is 12.1. The van der Waals surface area contributed by atoms with Gasteiger partial charge in [-0.2, -0.15) is 0 Å². The molecule has 0 N–H and O–H groups in total. The van der Waals surface area contributed by atoms with E-state index in [1.807, 2.05) is 95.0 Å². The van der Waals surface area contributed by atoms with E-state index in [4.69, 9.17) is 0 Å². The zero-order valence-corrected chi connectivity index (χ0v) is 13.5. The Balaban J connectivity index is 0. The Hall–Kier alpha value is -1.33. The molecule has 2 rings (SSSR count). The van der Waals surface area contributed by atoms with Crippen molar-refractivity contribution in [3.63, 3.8) is 0 Å². The van der Waals surface area contributed by atoms with Gasteiger partial charge >= 0.3 is 0 Å². The molecule has 0 aromatic heterocycles. The summed E-state index contributed by atoms with van der Waals surface area (Å²) in [5.74, 6) is 0. The van der Waals surface area contributed by atoms with Crippen molar-refractivity contribution >= 4 is 17.8 Å². The second-order valence-corrected chi connectivity index (χ2v) is 6.48. The molecule has 2 aromatic rings. The van der Waals surface area contributed by atoms with Gasteiger partial charge in [-0.15, -0.1) is 0 Å². The van der Waals surface area contributed by atoms with Crippen molar-refractivity contribution in [2.75, 3.05) is 6.66 Å². The molecule has 2 aromatic carbocycles. The lowest BCUT2D eigenvalue weighted by molar-refractivity contribution is 0.590. The van der Waals surface area contributed by atoms with Crippen LogP contribution in [0.3, 0.4) is 0 Å². The largest absolute Gasteiger partial charge is 0.314 e. The van der Waals surface area contributed by atoms with E-state index in [9.17, 15) is 4.57 Å². The Labute approximate surface area is 125 Å². The van der Waals surface area contributed by atoms with Crippen LogP contribution in [-0.2, 0) is 4.57 Å². The molecule has 0 aliphatic rings. The Morgan fingerprint density at radius 3 is 1.15 bits per heavy atom.